The van der Waals surface area contributed by atoms with Crippen molar-refractivity contribution in [1.82, 2.24) is 15.2 Å². The highest BCUT2D eigenvalue weighted by Crippen LogP contribution is 2.35. The van der Waals surface area contributed by atoms with E-state index in [9.17, 15) is 4.79 Å². The van der Waals surface area contributed by atoms with Gasteiger partial charge in [-0.1, -0.05) is 31.9 Å². The first kappa shape index (κ1) is 20.3. The Morgan fingerprint density at radius 3 is 2.93 bits per heavy atom. The third-order valence-corrected chi connectivity index (χ3v) is 5.69. The summed E-state index contributed by atoms with van der Waals surface area (Å²) in [5, 5.41) is 7.96. The highest BCUT2D eigenvalue weighted by atomic mass is 16.3. The number of hydrogen-bond donors (Lipinski definition) is 2. The average Bonchev–Trinajstić information content (AvgIpc) is 3.33. The lowest BCUT2D eigenvalue weighted by Gasteiger charge is -2.25. The lowest BCUT2D eigenvalue weighted by Crippen LogP contribution is -2.46. The van der Waals surface area contributed by atoms with E-state index in [2.05, 4.69) is 65.3 Å². The Morgan fingerprint density at radius 2 is 2.20 bits per heavy atom. The van der Waals surface area contributed by atoms with Crippen molar-refractivity contribution in [3.8, 4) is 11.8 Å². The van der Waals surface area contributed by atoms with E-state index in [0.29, 0.717) is 25.4 Å². The number of carbonyl (C=O) groups excluding carboxylic acids is 1. The van der Waals surface area contributed by atoms with Crippen LogP contribution in [0.2, 0.25) is 0 Å². The van der Waals surface area contributed by atoms with E-state index < -0.39 is 0 Å². The minimum Gasteiger partial charge on any atom is -0.467 e. The van der Waals surface area contributed by atoms with Crippen LogP contribution in [0, 0.1) is 17.8 Å². The topological polar surface area (TPSA) is 59.2 Å². The van der Waals surface area contributed by atoms with E-state index in [-0.39, 0.29) is 18.0 Å². The van der Waals surface area contributed by atoms with Crippen molar-refractivity contribution < 1.29 is 9.21 Å². The maximum atomic E-state index is 13.1. The van der Waals surface area contributed by atoms with E-state index in [1.807, 2.05) is 19.1 Å². The van der Waals surface area contributed by atoms with Gasteiger partial charge < -0.3 is 14.3 Å². The first-order valence-electron chi connectivity index (χ1n) is 10.6. The zero-order valence-electron chi connectivity index (χ0n) is 17.9. The average molecular weight is 404 g/mol. The van der Waals surface area contributed by atoms with Crippen molar-refractivity contribution >= 4 is 16.8 Å². The molecule has 1 aliphatic heterocycles. The number of benzene rings is 1. The van der Waals surface area contributed by atoms with Crippen LogP contribution in [0.3, 0.4) is 0 Å². The number of furan rings is 1. The fourth-order valence-electron chi connectivity index (χ4n) is 4.37. The van der Waals surface area contributed by atoms with Gasteiger partial charge in [0.25, 0.3) is 0 Å². The molecule has 1 aromatic carbocycles. The minimum absolute atomic E-state index is 0.00205. The fraction of sp³-hybridized carbons (Fsp3) is 0.400. The summed E-state index contributed by atoms with van der Waals surface area (Å²) in [4.78, 5) is 13.1. The van der Waals surface area contributed by atoms with Crippen LogP contribution in [0.1, 0.15) is 50.1 Å². The molecule has 5 nitrogen and oxygen atoms in total. The van der Waals surface area contributed by atoms with Gasteiger partial charge in [0.05, 0.1) is 25.4 Å². The summed E-state index contributed by atoms with van der Waals surface area (Å²) in [6, 6.07) is 10.0. The molecule has 1 aliphatic rings. The van der Waals surface area contributed by atoms with Crippen molar-refractivity contribution in [2.45, 2.75) is 58.8 Å². The zero-order chi connectivity index (χ0) is 21.1. The van der Waals surface area contributed by atoms with E-state index in [0.717, 1.165) is 12.2 Å². The Bertz CT molecular complexity index is 1080. The first-order valence-corrected chi connectivity index (χ1v) is 10.6. The maximum Gasteiger partial charge on any atom is 0.237 e. The van der Waals surface area contributed by atoms with Gasteiger partial charge in [0.15, 0.2) is 0 Å². The second-order valence-corrected chi connectivity index (χ2v) is 8.35. The van der Waals surface area contributed by atoms with Gasteiger partial charge in [-0.15, -0.1) is 5.92 Å². The predicted octanol–water partition coefficient (Wildman–Crippen LogP) is 4.18. The second kappa shape index (κ2) is 8.81. The standard InChI is InChI=1S/C25H29N3O2/c1-4-5-11-28-16-18-14-22(25(29)26-15-19-8-7-12-30-19)27-21(13-17(2)3)20-9-6-10-23(28)24(18)20/h6-10,12,16-17,21-22,27H,11,13-15H2,1-3H3,(H,26,29). The highest BCUT2D eigenvalue weighted by Gasteiger charge is 2.30. The number of rotatable bonds is 6. The van der Waals surface area contributed by atoms with Gasteiger partial charge in [0, 0.05) is 23.1 Å². The number of amides is 1. The van der Waals surface area contributed by atoms with Gasteiger partial charge in [-0.05, 0) is 55.0 Å². The maximum absolute atomic E-state index is 13.1. The quantitative estimate of drug-likeness (QED) is 0.607. The minimum atomic E-state index is -0.299. The van der Waals surface area contributed by atoms with Crippen molar-refractivity contribution in [1.29, 1.82) is 0 Å². The third-order valence-electron chi connectivity index (χ3n) is 5.69. The van der Waals surface area contributed by atoms with Crippen molar-refractivity contribution in [2.75, 3.05) is 0 Å². The van der Waals surface area contributed by atoms with Crippen LogP contribution in [0.15, 0.2) is 47.2 Å². The van der Waals surface area contributed by atoms with Gasteiger partial charge >= 0.3 is 0 Å². The molecule has 0 fully saturated rings. The molecule has 0 saturated heterocycles. The Balaban J connectivity index is 1.68. The number of aromatic nitrogens is 1. The molecule has 2 atom stereocenters. The van der Waals surface area contributed by atoms with E-state index in [1.165, 1.54) is 22.0 Å². The molecule has 0 radical (unpaired) electrons. The lowest BCUT2D eigenvalue weighted by atomic mass is 9.94. The fourth-order valence-corrected chi connectivity index (χ4v) is 4.37. The molecule has 3 aromatic rings. The number of nitrogens with one attached hydrogen (secondary N) is 2. The van der Waals surface area contributed by atoms with Crippen molar-refractivity contribution in [3.63, 3.8) is 0 Å². The summed E-state index contributed by atoms with van der Waals surface area (Å²) in [6.07, 6.45) is 5.42. The van der Waals surface area contributed by atoms with E-state index >= 15 is 0 Å². The lowest BCUT2D eigenvalue weighted by molar-refractivity contribution is -0.123. The zero-order valence-corrected chi connectivity index (χ0v) is 17.9. The van der Waals surface area contributed by atoms with Crippen LogP contribution < -0.4 is 10.6 Å². The van der Waals surface area contributed by atoms with E-state index in [4.69, 9.17) is 4.42 Å². The van der Waals surface area contributed by atoms with Crippen LogP contribution in [-0.2, 0) is 24.3 Å². The van der Waals surface area contributed by atoms with Gasteiger partial charge in [-0.25, -0.2) is 0 Å². The third kappa shape index (κ3) is 4.15. The predicted molar refractivity (Wildman–Crippen MR) is 119 cm³/mol. The normalized spacial score (nSPS) is 18.1. The molecule has 0 spiro atoms. The molecule has 5 heteroatoms. The van der Waals surface area contributed by atoms with Gasteiger partial charge in [-0.3, -0.25) is 10.1 Å². The summed E-state index contributed by atoms with van der Waals surface area (Å²) in [7, 11) is 0. The molecule has 3 heterocycles. The molecule has 0 bridgehead atoms. The largest absolute Gasteiger partial charge is 0.467 e. The van der Waals surface area contributed by atoms with Crippen molar-refractivity contribution in [2.24, 2.45) is 5.92 Å². The smallest absolute Gasteiger partial charge is 0.237 e. The second-order valence-electron chi connectivity index (χ2n) is 8.35. The molecule has 0 aliphatic carbocycles. The molecular formula is C25H29N3O2. The molecular weight excluding hydrogens is 374 g/mol. The van der Waals surface area contributed by atoms with Crippen LogP contribution in [0.5, 0.6) is 0 Å². The SMILES string of the molecule is CC#CCn1cc2c3c(cccc31)C(CC(C)C)NC(C(=O)NCc1ccco1)C2. The Morgan fingerprint density at radius 1 is 1.33 bits per heavy atom. The highest BCUT2D eigenvalue weighted by molar-refractivity contribution is 5.90. The number of carbonyl (C=O) groups is 1. The van der Waals surface area contributed by atoms with Crippen LogP contribution in [0.4, 0.5) is 0 Å². The van der Waals surface area contributed by atoms with Crippen LogP contribution in [0.25, 0.3) is 10.9 Å². The molecule has 2 unspecified atom stereocenters. The molecule has 156 valence electrons. The number of hydrogen-bond acceptors (Lipinski definition) is 3. The summed E-state index contributed by atoms with van der Waals surface area (Å²) >= 11 is 0. The van der Waals surface area contributed by atoms with Gasteiger partial charge in [0.2, 0.25) is 5.91 Å². The number of nitrogens with zero attached hydrogens (tertiary/aromatic N) is 1. The van der Waals surface area contributed by atoms with Crippen LogP contribution >= 0.6 is 0 Å². The van der Waals surface area contributed by atoms with Crippen LogP contribution in [-0.4, -0.2) is 16.5 Å². The van der Waals surface area contributed by atoms with Gasteiger partial charge in [-0.2, -0.15) is 0 Å². The monoisotopic (exact) mass is 403 g/mol. The molecule has 2 N–H and O–H groups in total. The summed E-state index contributed by atoms with van der Waals surface area (Å²) in [5.74, 6) is 7.43. The Kier molecular flexibility index (Phi) is 5.96. The van der Waals surface area contributed by atoms with Crippen molar-refractivity contribution in [3.05, 3.63) is 59.7 Å². The molecule has 1 amide bonds. The van der Waals surface area contributed by atoms with Gasteiger partial charge in [0.1, 0.15) is 5.76 Å². The Hall–Kier alpha value is -2.97. The summed E-state index contributed by atoms with van der Waals surface area (Å²) in [5.41, 5.74) is 3.67. The molecule has 2 aromatic heterocycles. The Labute approximate surface area is 177 Å². The first-order chi connectivity index (χ1) is 14.6. The molecule has 0 saturated carbocycles. The summed E-state index contributed by atoms with van der Waals surface area (Å²) < 4.78 is 7.57. The molecule has 4 rings (SSSR count). The molecule has 30 heavy (non-hydrogen) atoms. The van der Waals surface area contributed by atoms with E-state index in [1.54, 1.807) is 6.26 Å². The summed E-state index contributed by atoms with van der Waals surface area (Å²) in [6.45, 7) is 7.37.